The molecule has 36 heavy (non-hydrogen) atoms. The second-order valence-electron chi connectivity index (χ2n) is 8.84. The molecular formula is C23H38NO10PS. The van der Waals surface area contributed by atoms with Gasteiger partial charge in [-0.2, -0.15) is 0 Å². The lowest BCUT2D eigenvalue weighted by Gasteiger charge is -2.41. The summed E-state index contributed by atoms with van der Waals surface area (Å²) in [6.45, 7) is 5.85. The first-order valence-electron chi connectivity index (χ1n) is 12.4. The van der Waals surface area contributed by atoms with Gasteiger partial charge in [-0.3, -0.25) is 23.9 Å². The van der Waals surface area contributed by atoms with Crippen molar-refractivity contribution >= 4 is 42.3 Å². The Bertz CT molecular complexity index is 838. The van der Waals surface area contributed by atoms with E-state index in [2.05, 4.69) is 11.9 Å². The molecule has 0 aliphatic carbocycles. The topological polar surface area (TPSA) is 147 Å². The van der Waals surface area contributed by atoms with Crippen LogP contribution in [0.2, 0.25) is 0 Å². The van der Waals surface area contributed by atoms with Gasteiger partial charge in [-0.15, -0.1) is 0 Å². The van der Waals surface area contributed by atoms with E-state index in [1.807, 2.05) is 0 Å². The van der Waals surface area contributed by atoms with Crippen molar-refractivity contribution in [3.8, 4) is 0 Å². The average molecular weight is 552 g/mol. The van der Waals surface area contributed by atoms with E-state index in [0.29, 0.717) is 5.04 Å². The van der Waals surface area contributed by atoms with Crippen LogP contribution in [0.3, 0.4) is 0 Å². The van der Waals surface area contributed by atoms with Crippen LogP contribution >= 0.6 is 19.4 Å². The van der Waals surface area contributed by atoms with Crippen molar-refractivity contribution in [2.45, 2.75) is 102 Å². The zero-order chi connectivity index (χ0) is 26.7. The summed E-state index contributed by atoms with van der Waals surface area (Å²) in [6, 6.07) is -0.700. The van der Waals surface area contributed by atoms with Crippen molar-refractivity contribution in [2.75, 3.05) is 19.4 Å². The zero-order valence-electron chi connectivity index (χ0n) is 21.4. The number of fused-ring (bicyclic) bond motifs is 1. The summed E-state index contributed by atoms with van der Waals surface area (Å²) in [4.78, 5) is 49.6. The molecule has 13 heteroatoms. The molecule has 2 heterocycles. The number of thioether (sulfide) groups is 1. The summed E-state index contributed by atoms with van der Waals surface area (Å²) in [5, 5.41) is 0.536. The lowest BCUT2D eigenvalue weighted by molar-refractivity contribution is -0.208. The molecule has 11 nitrogen and oxygen atoms in total. The van der Waals surface area contributed by atoms with E-state index in [1.54, 1.807) is 0 Å². The molecule has 2 aliphatic heterocycles. The Hall–Kier alpha value is -1.46. The van der Waals surface area contributed by atoms with Crippen molar-refractivity contribution in [3.63, 3.8) is 0 Å². The van der Waals surface area contributed by atoms with Gasteiger partial charge in [0.2, 0.25) is 0 Å². The van der Waals surface area contributed by atoms with Crippen LogP contribution in [0, 0.1) is 0 Å². The van der Waals surface area contributed by atoms with Crippen molar-refractivity contribution in [1.82, 2.24) is 0 Å². The summed E-state index contributed by atoms with van der Waals surface area (Å²) in [6.07, 6.45) is 3.44. The molecule has 2 unspecified atom stereocenters. The van der Waals surface area contributed by atoms with Crippen LogP contribution in [0.25, 0.3) is 0 Å². The van der Waals surface area contributed by atoms with E-state index in [0.717, 1.165) is 32.1 Å². The maximum absolute atomic E-state index is 12.5. The summed E-state index contributed by atoms with van der Waals surface area (Å²) in [5.74, 6) is -1.76. The standard InChI is InChI=1S/C23H38NO10PS/c1-5-6-7-8-9-10-12-31-35(28,29)13-11-19-24-20-22(33-17(4)27)21(32-16(3)26)18(14-30-15(2)25)34-23(20)36-19/h18,20-23H,5-14H2,1-4H3,(H,28,29)/t18-,20-,21-,22-,23?/m1/s1. The Morgan fingerprint density at radius 2 is 1.64 bits per heavy atom. The van der Waals surface area contributed by atoms with Crippen LogP contribution < -0.4 is 0 Å². The van der Waals surface area contributed by atoms with E-state index in [4.69, 9.17) is 23.5 Å². The number of nitrogens with zero attached hydrogens (tertiary/aromatic N) is 1. The van der Waals surface area contributed by atoms with Crippen molar-refractivity contribution in [2.24, 2.45) is 4.99 Å². The van der Waals surface area contributed by atoms with Gasteiger partial charge in [-0.1, -0.05) is 50.8 Å². The molecule has 0 aromatic carbocycles. The minimum atomic E-state index is -3.80. The maximum Gasteiger partial charge on any atom is 0.328 e. The fourth-order valence-corrected chi connectivity index (χ4v) is 6.38. The number of unbranched alkanes of at least 4 members (excludes halogenated alkanes) is 5. The highest BCUT2D eigenvalue weighted by Gasteiger charge is 2.53. The molecule has 6 atom stereocenters. The molecule has 2 rings (SSSR count). The van der Waals surface area contributed by atoms with E-state index >= 15 is 0 Å². The number of carbonyl (C=O) groups excluding carboxylic acids is 3. The first-order chi connectivity index (χ1) is 17.0. The van der Waals surface area contributed by atoms with Gasteiger partial charge in [-0.05, 0) is 6.42 Å². The van der Waals surface area contributed by atoms with Crippen molar-refractivity contribution < 1.29 is 47.3 Å². The van der Waals surface area contributed by atoms with Crippen LogP contribution in [0.15, 0.2) is 4.99 Å². The molecule has 0 amide bonds. The molecule has 0 saturated carbocycles. The molecule has 0 spiro atoms. The number of aliphatic imine (C=N–C) groups is 1. The number of hydrogen-bond acceptors (Lipinski definition) is 11. The molecule has 2 aliphatic rings. The maximum atomic E-state index is 12.5. The monoisotopic (exact) mass is 551 g/mol. The highest BCUT2D eigenvalue weighted by molar-refractivity contribution is 8.14. The normalized spacial score (nSPS) is 26.9. The second kappa shape index (κ2) is 15.1. The van der Waals surface area contributed by atoms with E-state index < -0.39 is 55.3 Å². The Morgan fingerprint density at radius 1 is 1.00 bits per heavy atom. The van der Waals surface area contributed by atoms with E-state index in [9.17, 15) is 23.8 Å². The Labute approximate surface area is 216 Å². The van der Waals surface area contributed by atoms with Crippen LogP contribution in [0.5, 0.6) is 0 Å². The first-order valence-corrected chi connectivity index (χ1v) is 15.0. The SMILES string of the molecule is CCCCCCCCOP(=O)(O)CCC1=N[C@H]2C(O[C@H](COC(C)=O)[C@@H](OC(C)=O)[C@@H]2OC(C)=O)S1. The Balaban J connectivity index is 1.99. The molecule has 0 radical (unpaired) electrons. The summed E-state index contributed by atoms with van der Waals surface area (Å²) in [5.41, 5.74) is -0.612. The van der Waals surface area contributed by atoms with Gasteiger partial charge < -0.3 is 28.4 Å². The molecular weight excluding hydrogens is 513 g/mol. The van der Waals surface area contributed by atoms with E-state index in [1.165, 1.54) is 39.0 Å². The zero-order valence-corrected chi connectivity index (χ0v) is 23.1. The van der Waals surface area contributed by atoms with Gasteiger partial charge in [0, 0.05) is 27.2 Å². The van der Waals surface area contributed by atoms with Gasteiger partial charge in [0.15, 0.2) is 12.2 Å². The average Bonchev–Trinajstić information content (AvgIpc) is 3.20. The largest absolute Gasteiger partial charge is 0.463 e. The third kappa shape index (κ3) is 10.5. The number of hydrogen-bond donors (Lipinski definition) is 1. The molecule has 1 fully saturated rings. The third-order valence-corrected chi connectivity index (χ3v) is 8.19. The Morgan fingerprint density at radius 3 is 2.28 bits per heavy atom. The van der Waals surface area contributed by atoms with Gasteiger partial charge in [0.05, 0.1) is 17.8 Å². The molecule has 0 aromatic rings. The smallest absolute Gasteiger partial charge is 0.328 e. The lowest BCUT2D eigenvalue weighted by atomic mass is 9.98. The molecule has 1 saturated heterocycles. The van der Waals surface area contributed by atoms with Crippen LogP contribution in [0.4, 0.5) is 0 Å². The van der Waals surface area contributed by atoms with E-state index in [-0.39, 0.29) is 25.8 Å². The molecule has 0 bridgehead atoms. The first kappa shape index (κ1) is 30.8. The number of ether oxygens (including phenoxy) is 4. The summed E-state index contributed by atoms with van der Waals surface area (Å²) >= 11 is 1.23. The highest BCUT2D eigenvalue weighted by atomic mass is 32.2. The van der Waals surface area contributed by atoms with Gasteiger partial charge >= 0.3 is 25.5 Å². The fraction of sp³-hybridized carbons (Fsp3) is 0.826. The Kier molecular flexibility index (Phi) is 12.9. The third-order valence-electron chi connectivity index (χ3n) is 5.61. The van der Waals surface area contributed by atoms with Crippen LogP contribution in [-0.4, -0.2) is 77.0 Å². The quantitative estimate of drug-likeness (QED) is 0.138. The number of carbonyl (C=O) groups is 3. The minimum absolute atomic E-state index is 0.114. The van der Waals surface area contributed by atoms with Gasteiger partial charge in [0.1, 0.15) is 24.2 Å². The minimum Gasteiger partial charge on any atom is -0.463 e. The molecule has 1 N–H and O–H groups in total. The highest BCUT2D eigenvalue weighted by Crippen LogP contribution is 2.45. The lowest BCUT2D eigenvalue weighted by Crippen LogP contribution is -2.59. The summed E-state index contributed by atoms with van der Waals surface area (Å²) < 4.78 is 39.6. The predicted molar refractivity (Wildman–Crippen MR) is 134 cm³/mol. The number of rotatable bonds is 15. The van der Waals surface area contributed by atoms with Gasteiger partial charge in [0.25, 0.3) is 0 Å². The number of esters is 3. The van der Waals surface area contributed by atoms with Gasteiger partial charge in [-0.25, -0.2) is 0 Å². The van der Waals surface area contributed by atoms with Crippen molar-refractivity contribution in [1.29, 1.82) is 0 Å². The predicted octanol–water partition coefficient (Wildman–Crippen LogP) is 3.60. The second-order valence-corrected chi connectivity index (χ2v) is 12.0. The van der Waals surface area contributed by atoms with Crippen LogP contribution in [0.1, 0.15) is 72.6 Å². The molecule has 206 valence electrons. The van der Waals surface area contributed by atoms with Crippen molar-refractivity contribution in [3.05, 3.63) is 0 Å². The van der Waals surface area contributed by atoms with Crippen LogP contribution in [-0.2, 0) is 42.4 Å². The summed E-state index contributed by atoms with van der Waals surface area (Å²) in [7, 11) is -3.80. The fourth-order valence-electron chi connectivity index (χ4n) is 3.96. The molecule has 0 aromatic heterocycles.